The molecule has 0 aliphatic carbocycles. The number of thiophene rings is 1. The van der Waals surface area contributed by atoms with Gasteiger partial charge in [-0.05, 0) is 23.4 Å². The summed E-state index contributed by atoms with van der Waals surface area (Å²) in [6, 6.07) is 1.27. The zero-order valence-corrected chi connectivity index (χ0v) is 11.1. The lowest BCUT2D eigenvalue weighted by Crippen LogP contribution is -2.52. The molecule has 4 N–H and O–H groups in total. The molecule has 1 atom stereocenters. The van der Waals surface area contributed by atoms with E-state index in [2.05, 4.69) is 10.6 Å². The first kappa shape index (κ1) is 13.7. The van der Waals surface area contributed by atoms with Crippen molar-refractivity contribution < 1.29 is 14.4 Å². The Bertz CT molecular complexity index is 512. The Morgan fingerprint density at radius 2 is 2.32 bits per heavy atom. The van der Waals surface area contributed by atoms with Crippen LogP contribution in [0.4, 0.5) is 0 Å². The molecule has 1 saturated heterocycles. The fourth-order valence-corrected chi connectivity index (χ4v) is 2.76. The summed E-state index contributed by atoms with van der Waals surface area (Å²) in [5.74, 6) is -0.945. The lowest BCUT2D eigenvalue weighted by atomic mass is 10.1. The van der Waals surface area contributed by atoms with Crippen LogP contribution in [0, 0.1) is 0 Å². The molecular weight excluding hydrogens is 266 g/mol. The van der Waals surface area contributed by atoms with Crippen molar-refractivity contribution in [3.8, 4) is 0 Å². The van der Waals surface area contributed by atoms with Crippen molar-refractivity contribution in [3.05, 3.63) is 21.9 Å². The standard InChI is InChI=1S/C12H15N3O3S/c13-5-7-3-8(19-6-7)4-11(17)14-9-1-2-10(16)15-12(9)18/h3,6,9H,1-2,4-5,13H2,(H,14,17)(H,15,16,18). The Morgan fingerprint density at radius 3 is 2.95 bits per heavy atom. The summed E-state index contributed by atoms with van der Waals surface area (Å²) in [4.78, 5) is 35.2. The molecule has 2 heterocycles. The summed E-state index contributed by atoms with van der Waals surface area (Å²) in [5.41, 5.74) is 6.49. The molecule has 1 fully saturated rings. The Kier molecular flexibility index (Phi) is 4.28. The monoisotopic (exact) mass is 281 g/mol. The zero-order valence-electron chi connectivity index (χ0n) is 10.3. The van der Waals surface area contributed by atoms with E-state index in [0.29, 0.717) is 13.0 Å². The van der Waals surface area contributed by atoms with Crippen LogP contribution >= 0.6 is 11.3 Å². The average Bonchev–Trinajstić information content (AvgIpc) is 2.80. The third-order valence-electron chi connectivity index (χ3n) is 2.85. The SMILES string of the molecule is NCc1csc(CC(=O)NC2CCC(=O)NC2=O)c1. The van der Waals surface area contributed by atoms with Crippen LogP contribution in [-0.4, -0.2) is 23.8 Å². The number of hydrogen-bond donors (Lipinski definition) is 3. The van der Waals surface area contributed by atoms with Crippen molar-refractivity contribution in [2.75, 3.05) is 0 Å². The molecule has 0 saturated carbocycles. The first-order valence-electron chi connectivity index (χ1n) is 5.98. The van der Waals surface area contributed by atoms with Crippen LogP contribution in [0.5, 0.6) is 0 Å². The Morgan fingerprint density at radius 1 is 1.53 bits per heavy atom. The van der Waals surface area contributed by atoms with Gasteiger partial charge in [-0.15, -0.1) is 11.3 Å². The van der Waals surface area contributed by atoms with E-state index in [-0.39, 0.29) is 24.7 Å². The molecule has 2 rings (SSSR count). The molecule has 0 bridgehead atoms. The van der Waals surface area contributed by atoms with E-state index in [4.69, 9.17) is 5.73 Å². The van der Waals surface area contributed by atoms with Gasteiger partial charge in [0.05, 0.1) is 6.42 Å². The lowest BCUT2D eigenvalue weighted by molar-refractivity contribution is -0.137. The summed E-state index contributed by atoms with van der Waals surface area (Å²) in [5, 5.41) is 6.75. The van der Waals surface area contributed by atoms with Gasteiger partial charge in [-0.3, -0.25) is 19.7 Å². The molecule has 1 aromatic heterocycles. The third kappa shape index (κ3) is 3.62. The molecule has 1 unspecified atom stereocenters. The number of carbonyl (C=O) groups excluding carboxylic acids is 3. The van der Waals surface area contributed by atoms with Gasteiger partial charge >= 0.3 is 0 Å². The van der Waals surface area contributed by atoms with E-state index < -0.39 is 11.9 Å². The van der Waals surface area contributed by atoms with E-state index >= 15 is 0 Å². The van der Waals surface area contributed by atoms with Crippen LogP contribution in [0.1, 0.15) is 23.3 Å². The fourth-order valence-electron chi connectivity index (χ4n) is 1.86. The van der Waals surface area contributed by atoms with Gasteiger partial charge in [-0.25, -0.2) is 0 Å². The summed E-state index contributed by atoms with van der Waals surface area (Å²) >= 11 is 1.47. The van der Waals surface area contributed by atoms with Gasteiger partial charge < -0.3 is 11.1 Å². The van der Waals surface area contributed by atoms with E-state index in [1.165, 1.54) is 11.3 Å². The predicted molar refractivity (Wildman–Crippen MR) is 70.2 cm³/mol. The second kappa shape index (κ2) is 5.94. The molecule has 0 spiro atoms. The molecule has 1 aliphatic heterocycles. The highest BCUT2D eigenvalue weighted by Crippen LogP contribution is 2.15. The van der Waals surface area contributed by atoms with Crippen LogP contribution in [-0.2, 0) is 27.3 Å². The molecule has 6 nitrogen and oxygen atoms in total. The number of hydrogen-bond acceptors (Lipinski definition) is 5. The smallest absolute Gasteiger partial charge is 0.249 e. The average molecular weight is 281 g/mol. The van der Waals surface area contributed by atoms with Crippen molar-refractivity contribution in [2.45, 2.75) is 31.8 Å². The van der Waals surface area contributed by atoms with Crippen LogP contribution < -0.4 is 16.4 Å². The first-order chi connectivity index (χ1) is 9.08. The Hall–Kier alpha value is -1.73. The molecule has 1 aromatic rings. The van der Waals surface area contributed by atoms with Gasteiger partial charge in [0.25, 0.3) is 0 Å². The van der Waals surface area contributed by atoms with Gasteiger partial charge in [0.1, 0.15) is 6.04 Å². The van der Waals surface area contributed by atoms with E-state index in [1.54, 1.807) is 0 Å². The molecule has 19 heavy (non-hydrogen) atoms. The minimum atomic E-state index is -0.612. The third-order valence-corrected chi connectivity index (χ3v) is 3.84. The topological polar surface area (TPSA) is 101 Å². The maximum absolute atomic E-state index is 11.8. The van der Waals surface area contributed by atoms with Crippen molar-refractivity contribution in [1.29, 1.82) is 0 Å². The van der Waals surface area contributed by atoms with Crippen molar-refractivity contribution >= 4 is 29.1 Å². The van der Waals surface area contributed by atoms with Crippen LogP contribution in [0.15, 0.2) is 11.4 Å². The van der Waals surface area contributed by atoms with E-state index in [9.17, 15) is 14.4 Å². The van der Waals surface area contributed by atoms with Crippen molar-refractivity contribution in [2.24, 2.45) is 5.73 Å². The van der Waals surface area contributed by atoms with Gasteiger partial charge in [-0.1, -0.05) is 0 Å². The Labute approximate surface area is 114 Å². The minimum absolute atomic E-state index is 0.222. The normalized spacial score (nSPS) is 19.1. The second-order valence-corrected chi connectivity index (χ2v) is 5.37. The summed E-state index contributed by atoms with van der Waals surface area (Å²) in [6.45, 7) is 0.450. The quantitative estimate of drug-likeness (QED) is 0.658. The molecule has 0 radical (unpaired) electrons. The minimum Gasteiger partial charge on any atom is -0.344 e. The molecule has 1 aliphatic rings. The van der Waals surface area contributed by atoms with Gasteiger partial charge in [0, 0.05) is 17.8 Å². The molecule has 3 amide bonds. The van der Waals surface area contributed by atoms with Crippen molar-refractivity contribution in [3.63, 3.8) is 0 Å². The fraction of sp³-hybridized carbons (Fsp3) is 0.417. The van der Waals surface area contributed by atoms with Crippen LogP contribution in [0.25, 0.3) is 0 Å². The Balaban J connectivity index is 1.87. The molecule has 7 heteroatoms. The number of piperidine rings is 1. The van der Waals surface area contributed by atoms with Gasteiger partial charge in [0.2, 0.25) is 17.7 Å². The summed E-state index contributed by atoms with van der Waals surface area (Å²) < 4.78 is 0. The number of rotatable bonds is 4. The zero-order chi connectivity index (χ0) is 13.8. The largest absolute Gasteiger partial charge is 0.344 e. The van der Waals surface area contributed by atoms with Crippen molar-refractivity contribution in [1.82, 2.24) is 10.6 Å². The highest BCUT2D eigenvalue weighted by Gasteiger charge is 2.27. The first-order valence-corrected chi connectivity index (χ1v) is 6.86. The molecule has 102 valence electrons. The highest BCUT2D eigenvalue weighted by molar-refractivity contribution is 7.10. The number of nitrogens with two attached hydrogens (primary N) is 1. The van der Waals surface area contributed by atoms with Crippen LogP contribution in [0.3, 0.4) is 0 Å². The van der Waals surface area contributed by atoms with Crippen LogP contribution in [0.2, 0.25) is 0 Å². The lowest BCUT2D eigenvalue weighted by Gasteiger charge is -2.21. The van der Waals surface area contributed by atoms with E-state index in [0.717, 1.165) is 10.4 Å². The van der Waals surface area contributed by atoms with E-state index in [1.807, 2.05) is 11.4 Å². The summed E-state index contributed by atoms with van der Waals surface area (Å²) in [6.07, 6.45) is 0.838. The number of carbonyl (C=O) groups is 3. The maximum atomic E-state index is 11.8. The van der Waals surface area contributed by atoms with Gasteiger partial charge in [-0.2, -0.15) is 0 Å². The van der Waals surface area contributed by atoms with Gasteiger partial charge in [0.15, 0.2) is 0 Å². The molecule has 0 aromatic carbocycles. The number of nitrogens with one attached hydrogen (secondary N) is 2. The predicted octanol–water partition coefficient (Wildman–Crippen LogP) is -0.329. The molecular formula is C12H15N3O3S. The highest BCUT2D eigenvalue weighted by atomic mass is 32.1. The number of imide groups is 1. The summed E-state index contributed by atoms with van der Waals surface area (Å²) in [7, 11) is 0. The maximum Gasteiger partial charge on any atom is 0.249 e. The second-order valence-electron chi connectivity index (χ2n) is 4.37. The number of amides is 3.